The van der Waals surface area contributed by atoms with Crippen LogP contribution in [0.15, 0.2) is 42.5 Å². The fraction of sp³-hybridized carbons (Fsp3) is 0.417. The zero-order valence-electron chi connectivity index (χ0n) is 16.1. The second-order valence-electron chi connectivity index (χ2n) is 8.80. The Hall–Kier alpha value is -2.26. The predicted molar refractivity (Wildman–Crippen MR) is 109 cm³/mol. The minimum Gasteiger partial charge on any atom is -0.497 e. The van der Waals surface area contributed by atoms with Gasteiger partial charge in [0, 0.05) is 28.1 Å². The molecule has 1 aromatic heterocycles. The molecule has 0 amide bonds. The van der Waals surface area contributed by atoms with Crippen LogP contribution in [-0.2, 0) is 24.7 Å². The Labute approximate surface area is 160 Å². The molecule has 27 heavy (non-hydrogen) atoms. The van der Waals surface area contributed by atoms with Gasteiger partial charge in [0.15, 0.2) is 0 Å². The summed E-state index contributed by atoms with van der Waals surface area (Å²) in [6.07, 6.45) is 4.72. The van der Waals surface area contributed by atoms with Gasteiger partial charge in [-0.15, -0.1) is 0 Å². The van der Waals surface area contributed by atoms with Gasteiger partial charge in [0.05, 0.1) is 7.11 Å². The van der Waals surface area contributed by atoms with E-state index in [0.717, 1.165) is 12.2 Å². The summed E-state index contributed by atoms with van der Waals surface area (Å²) in [5.41, 5.74) is 7.66. The van der Waals surface area contributed by atoms with Crippen molar-refractivity contribution in [2.24, 2.45) is 5.92 Å². The van der Waals surface area contributed by atoms with Gasteiger partial charge in [-0.3, -0.25) is 0 Å². The summed E-state index contributed by atoms with van der Waals surface area (Å²) in [5.74, 6) is 1.68. The van der Waals surface area contributed by atoms with E-state index in [1.165, 1.54) is 48.0 Å². The molecule has 1 N–H and O–H groups in total. The zero-order valence-corrected chi connectivity index (χ0v) is 16.1. The molecule has 2 aromatic carbocycles. The molecule has 3 heteroatoms. The number of piperidine rings is 1. The lowest BCUT2D eigenvalue weighted by Crippen LogP contribution is -2.61. The second kappa shape index (κ2) is 5.39. The fourth-order valence-corrected chi connectivity index (χ4v) is 6.41. The van der Waals surface area contributed by atoms with E-state index in [9.17, 15) is 0 Å². The summed E-state index contributed by atoms with van der Waals surface area (Å²) in [6.45, 7) is 1.19. The zero-order chi connectivity index (χ0) is 18.2. The number of para-hydroxylation sites is 1. The Morgan fingerprint density at radius 1 is 1.15 bits per heavy atom. The Bertz CT molecular complexity index is 1050. The van der Waals surface area contributed by atoms with Crippen LogP contribution in [0, 0.1) is 5.92 Å². The minimum atomic E-state index is 0.243. The summed E-state index contributed by atoms with van der Waals surface area (Å²) in [5, 5.41) is 1.43. The number of likely N-dealkylation sites (tertiary alicyclic amines) is 1. The largest absolute Gasteiger partial charge is 0.497 e. The number of nitrogens with one attached hydrogen (secondary N) is 1. The van der Waals surface area contributed by atoms with Crippen molar-refractivity contribution in [3.05, 3.63) is 64.8 Å². The van der Waals surface area contributed by atoms with E-state index in [1.807, 2.05) is 0 Å². The first-order chi connectivity index (χ1) is 13.2. The fourth-order valence-electron chi connectivity index (χ4n) is 6.41. The van der Waals surface area contributed by atoms with Gasteiger partial charge in [0.25, 0.3) is 0 Å². The molecule has 0 saturated carbocycles. The summed E-state index contributed by atoms with van der Waals surface area (Å²) in [6, 6.07) is 16.3. The average molecular weight is 358 g/mol. The van der Waals surface area contributed by atoms with Crippen molar-refractivity contribution in [2.75, 3.05) is 20.7 Å². The van der Waals surface area contributed by atoms with Crippen LogP contribution in [0.4, 0.5) is 0 Å². The highest BCUT2D eigenvalue weighted by Gasteiger charge is 2.54. The molecule has 1 saturated heterocycles. The number of aromatic amines is 1. The van der Waals surface area contributed by atoms with Gasteiger partial charge < -0.3 is 14.6 Å². The molecular formula is C24H26N2O. The number of nitrogens with zero attached hydrogens (tertiary/aromatic N) is 1. The van der Waals surface area contributed by atoms with Crippen molar-refractivity contribution in [1.82, 2.24) is 9.88 Å². The molecule has 138 valence electrons. The quantitative estimate of drug-likeness (QED) is 0.710. The number of ether oxygens (including phenoxy) is 1. The van der Waals surface area contributed by atoms with Crippen LogP contribution in [0.2, 0.25) is 0 Å². The molecule has 2 heterocycles. The van der Waals surface area contributed by atoms with Crippen molar-refractivity contribution < 1.29 is 4.74 Å². The van der Waals surface area contributed by atoms with Crippen LogP contribution in [-0.4, -0.2) is 36.6 Å². The van der Waals surface area contributed by atoms with E-state index < -0.39 is 0 Å². The normalized spacial score (nSPS) is 29.1. The molecule has 1 fully saturated rings. The SMILES string of the molecule is COc1ccc2c(c1)[C@@]13CCN(C)[C@@H](C2)C1Cc1c([nH]c2ccccc12)C3. The molecule has 1 unspecified atom stereocenters. The Balaban J connectivity index is 1.59. The van der Waals surface area contributed by atoms with Crippen LogP contribution < -0.4 is 4.74 Å². The third-order valence-electron chi connectivity index (χ3n) is 7.75. The van der Waals surface area contributed by atoms with Gasteiger partial charge in [-0.2, -0.15) is 0 Å². The molecule has 3 aliphatic rings. The minimum absolute atomic E-state index is 0.243. The summed E-state index contributed by atoms with van der Waals surface area (Å²) >= 11 is 0. The van der Waals surface area contributed by atoms with Gasteiger partial charge in [-0.1, -0.05) is 24.3 Å². The number of methoxy groups -OCH3 is 1. The highest BCUT2D eigenvalue weighted by atomic mass is 16.5. The highest BCUT2D eigenvalue weighted by molar-refractivity contribution is 5.85. The maximum Gasteiger partial charge on any atom is 0.119 e. The first kappa shape index (κ1) is 15.8. The van der Waals surface area contributed by atoms with E-state index in [4.69, 9.17) is 4.74 Å². The first-order valence-corrected chi connectivity index (χ1v) is 10.2. The maximum atomic E-state index is 5.61. The lowest BCUT2D eigenvalue weighted by atomic mass is 9.52. The molecule has 3 nitrogen and oxygen atoms in total. The maximum absolute atomic E-state index is 5.61. The molecular weight excluding hydrogens is 332 g/mol. The molecule has 1 aliphatic heterocycles. The van der Waals surface area contributed by atoms with E-state index in [-0.39, 0.29) is 5.41 Å². The molecule has 2 aliphatic carbocycles. The smallest absolute Gasteiger partial charge is 0.119 e. The average Bonchev–Trinajstić information content (AvgIpc) is 3.06. The number of rotatable bonds is 1. The van der Waals surface area contributed by atoms with Crippen LogP contribution in [0.3, 0.4) is 0 Å². The molecule has 3 atom stereocenters. The number of H-pyrrole nitrogens is 1. The number of aromatic nitrogens is 1. The van der Waals surface area contributed by atoms with Crippen molar-refractivity contribution in [3.8, 4) is 5.75 Å². The lowest BCUT2D eigenvalue weighted by molar-refractivity contribution is 0.0240. The van der Waals surface area contributed by atoms with Gasteiger partial charge in [0.2, 0.25) is 0 Å². The van der Waals surface area contributed by atoms with Gasteiger partial charge in [-0.05, 0) is 80.1 Å². The van der Waals surface area contributed by atoms with Crippen LogP contribution in [0.5, 0.6) is 5.75 Å². The lowest BCUT2D eigenvalue weighted by Gasteiger charge is -2.58. The number of benzene rings is 2. The Kier molecular flexibility index (Phi) is 3.14. The van der Waals surface area contributed by atoms with Crippen molar-refractivity contribution in [3.63, 3.8) is 0 Å². The third-order valence-corrected chi connectivity index (χ3v) is 7.75. The van der Waals surface area contributed by atoms with Gasteiger partial charge in [-0.25, -0.2) is 0 Å². The molecule has 0 spiro atoms. The number of hydrogen-bond acceptors (Lipinski definition) is 2. The summed E-state index contributed by atoms with van der Waals surface area (Å²) in [7, 11) is 4.11. The van der Waals surface area contributed by atoms with E-state index in [2.05, 4.69) is 59.4 Å². The Morgan fingerprint density at radius 3 is 2.93 bits per heavy atom. The molecule has 0 radical (unpaired) electrons. The summed E-state index contributed by atoms with van der Waals surface area (Å²) < 4.78 is 5.61. The topological polar surface area (TPSA) is 28.3 Å². The number of likely N-dealkylation sites (N-methyl/N-ethyl adjacent to an activating group) is 1. The monoisotopic (exact) mass is 358 g/mol. The van der Waals surface area contributed by atoms with Crippen LogP contribution >= 0.6 is 0 Å². The van der Waals surface area contributed by atoms with Gasteiger partial charge >= 0.3 is 0 Å². The third kappa shape index (κ3) is 2.01. The van der Waals surface area contributed by atoms with Crippen LogP contribution in [0.1, 0.15) is 28.8 Å². The van der Waals surface area contributed by atoms with Crippen LogP contribution in [0.25, 0.3) is 10.9 Å². The van der Waals surface area contributed by atoms with Crippen molar-refractivity contribution in [1.29, 1.82) is 0 Å². The summed E-state index contributed by atoms with van der Waals surface area (Å²) in [4.78, 5) is 6.39. The highest BCUT2D eigenvalue weighted by Crippen LogP contribution is 2.55. The van der Waals surface area contributed by atoms with Crippen molar-refractivity contribution >= 4 is 10.9 Å². The van der Waals surface area contributed by atoms with E-state index in [0.29, 0.717) is 12.0 Å². The standard InChI is InChI=1S/C24H26N2O/c1-26-10-9-24-14-22-18(17-5-3-4-6-21(17)25-22)13-20(24)23(26)11-15-7-8-16(27-2)12-19(15)24/h3-8,12,20,23,25H,9-11,13-14H2,1-2H3/t20?,23-,24-/m0/s1. The number of fused-ring (bicyclic) bond motifs is 4. The van der Waals surface area contributed by atoms with Crippen molar-refractivity contribution in [2.45, 2.75) is 37.1 Å². The van der Waals surface area contributed by atoms with E-state index in [1.54, 1.807) is 18.2 Å². The second-order valence-corrected chi connectivity index (χ2v) is 8.80. The molecule has 2 bridgehead atoms. The molecule has 6 rings (SSSR count). The first-order valence-electron chi connectivity index (χ1n) is 10.2. The van der Waals surface area contributed by atoms with Gasteiger partial charge in [0.1, 0.15) is 5.75 Å². The van der Waals surface area contributed by atoms with E-state index >= 15 is 0 Å². The molecule has 3 aromatic rings. The Morgan fingerprint density at radius 2 is 2.04 bits per heavy atom. The predicted octanol–water partition coefficient (Wildman–Crippen LogP) is 4.09. The number of hydrogen-bond donors (Lipinski definition) is 1.